The van der Waals surface area contributed by atoms with Crippen molar-refractivity contribution in [3.05, 3.63) is 128 Å². The van der Waals surface area contributed by atoms with E-state index >= 15 is 0 Å². The van der Waals surface area contributed by atoms with Crippen LogP contribution in [-0.4, -0.2) is 91.3 Å². The van der Waals surface area contributed by atoms with E-state index in [1.807, 2.05) is 45.3 Å². The van der Waals surface area contributed by atoms with Crippen molar-refractivity contribution >= 4 is 81.5 Å². The molecule has 58 heavy (non-hydrogen) atoms. The number of nitrogens with zero attached hydrogens (tertiary/aromatic N) is 3. The molecule has 4 heterocycles. The van der Waals surface area contributed by atoms with E-state index in [0.29, 0.717) is 20.8 Å². The third-order valence-corrected chi connectivity index (χ3v) is 13.0. The van der Waals surface area contributed by atoms with Gasteiger partial charge in [0.25, 0.3) is 0 Å². The van der Waals surface area contributed by atoms with Crippen LogP contribution in [0.3, 0.4) is 0 Å². The Morgan fingerprint density at radius 3 is 1.60 bits per heavy atom. The van der Waals surface area contributed by atoms with Crippen molar-refractivity contribution in [2.75, 3.05) is 54.4 Å². The Hall–Kier alpha value is -2.80. The molecular weight excluding hydrogens is 865 g/mol. The maximum atomic E-state index is 11.6. The SMILES string of the molecule is CN1CCc2c(cc(Cl)c(C(=O)O)c2Cl)C1.COC(=O)c1c(Cl)cc2c(c1Cl)CCN(C)C2.Cc1c(Cl)cc2c(c1Cl)CCN(C)C2.Oc1ccc2c(c1)CCNC2. The molecule has 0 bridgehead atoms. The Morgan fingerprint density at radius 2 is 1.10 bits per heavy atom. The average molecular weight is 914 g/mol. The average Bonchev–Trinajstić information content (AvgIpc) is 3.17. The van der Waals surface area contributed by atoms with Crippen LogP contribution in [0.4, 0.5) is 0 Å². The highest BCUT2D eigenvalue weighted by Gasteiger charge is 2.26. The summed E-state index contributed by atoms with van der Waals surface area (Å²) in [4.78, 5) is 29.2. The Kier molecular flexibility index (Phi) is 16.5. The van der Waals surface area contributed by atoms with Gasteiger partial charge in [-0.15, -0.1) is 0 Å². The second kappa shape index (κ2) is 20.6. The first-order valence-corrected chi connectivity index (χ1v) is 21.1. The standard InChI is InChI=1S/C12H13Cl2NO2.C11H11Cl2NO2.C11H13Cl2N.C9H11NO/c1-15-4-3-8-7(6-15)5-9(13)10(11(8)14)12(16)17-2;1-14-3-2-7-6(5-14)4-8(12)9(10(7)13)11(15)16;1-7-10(12)5-8-6-14(2)4-3-9(8)11(7)13;11-9-2-1-8-6-10-4-3-7(8)5-9/h5H,3-4,6H2,1-2H3;4H,2-3,5H2,1H3,(H,15,16);5H,3-4,6H2,1-2H3;1-2,5,10-11H,3-4,6H2. The van der Waals surface area contributed by atoms with Gasteiger partial charge in [0.05, 0.1) is 38.3 Å². The number of phenols is 1. The third-order valence-electron chi connectivity index (χ3n) is 10.7. The lowest BCUT2D eigenvalue weighted by atomic mass is 9.97. The van der Waals surface area contributed by atoms with Gasteiger partial charge in [-0.1, -0.05) is 75.7 Å². The first-order valence-electron chi connectivity index (χ1n) is 18.8. The first-order chi connectivity index (χ1) is 27.5. The third kappa shape index (κ3) is 11.1. The number of esters is 1. The summed E-state index contributed by atoms with van der Waals surface area (Å²) in [7, 11) is 7.49. The number of carboxylic acids is 1. The van der Waals surface area contributed by atoms with E-state index in [4.69, 9.17) is 84.6 Å². The molecule has 0 radical (unpaired) electrons. The van der Waals surface area contributed by atoms with Crippen molar-refractivity contribution in [2.24, 2.45) is 0 Å². The van der Waals surface area contributed by atoms with Gasteiger partial charge in [-0.2, -0.15) is 0 Å². The number of phenolic OH excluding ortho intramolecular Hbond substituents is 1. The molecule has 9 nitrogen and oxygen atoms in total. The quantitative estimate of drug-likeness (QED) is 0.170. The highest BCUT2D eigenvalue weighted by Crippen LogP contribution is 2.36. The molecule has 15 heteroatoms. The Balaban J connectivity index is 0.000000149. The van der Waals surface area contributed by atoms with Crippen LogP contribution >= 0.6 is 69.6 Å². The lowest BCUT2D eigenvalue weighted by Gasteiger charge is -2.26. The van der Waals surface area contributed by atoms with Gasteiger partial charge in [-0.25, -0.2) is 9.59 Å². The number of carbonyl (C=O) groups excluding carboxylic acids is 1. The van der Waals surface area contributed by atoms with Crippen LogP contribution in [0.1, 0.15) is 70.8 Å². The number of fused-ring (bicyclic) bond motifs is 4. The molecule has 0 spiro atoms. The van der Waals surface area contributed by atoms with E-state index in [1.165, 1.54) is 29.4 Å². The molecule has 0 atom stereocenters. The van der Waals surface area contributed by atoms with Crippen LogP contribution in [0, 0.1) is 6.92 Å². The molecular formula is C43H48Cl6N4O5. The van der Waals surface area contributed by atoms with E-state index in [0.717, 1.165) is 116 Å². The summed E-state index contributed by atoms with van der Waals surface area (Å²) < 4.78 is 4.69. The zero-order valence-electron chi connectivity index (χ0n) is 33.2. The van der Waals surface area contributed by atoms with Crippen LogP contribution in [0.25, 0.3) is 0 Å². The summed E-state index contributed by atoms with van der Waals surface area (Å²) in [5, 5.41) is 24.4. The Morgan fingerprint density at radius 1 is 0.638 bits per heavy atom. The number of carboxylic acid groups (broad SMARTS) is 1. The summed E-state index contributed by atoms with van der Waals surface area (Å²) in [5.74, 6) is -1.18. The van der Waals surface area contributed by atoms with Gasteiger partial charge in [0, 0.05) is 55.9 Å². The summed E-state index contributed by atoms with van der Waals surface area (Å²) in [6, 6.07) is 11.2. The van der Waals surface area contributed by atoms with Gasteiger partial charge < -0.3 is 35.0 Å². The molecule has 0 aromatic heterocycles. The number of hydrogen-bond acceptors (Lipinski definition) is 8. The minimum absolute atomic E-state index is 0.0200. The minimum Gasteiger partial charge on any atom is -0.508 e. The zero-order valence-corrected chi connectivity index (χ0v) is 37.7. The molecule has 0 amide bonds. The normalized spacial score (nSPS) is 16.1. The molecule has 4 aromatic carbocycles. The number of nitrogens with one attached hydrogen (secondary N) is 1. The molecule has 4 aliphatic rings. The fraction of sp³-hybridized carbons (Fsp3) is 0.395. The predicted molar refractivity (Wildman–Crippen MR) is 236 cm³/mol. The van der Waals surface area contributed by atoms with Crippen LogP contribution in [0.2, 0.25) is 30.1 Å². The number of rotatable bonds is 2. The van der Waals surface area contributed by atoms with E-state index in [2.05, 4.69) is 27.1 Å². The van der Waals surface area contributed by atoms with Crippen molar-refractivity contribution in [3.63, 3.8) is 0 Å². The van der Waals surface area contributed by atoms with E-state index in [1.54, 1.807) is 12.1 Å². The number of benzene rings is 4. The summed E-state index contributed by atoms with van der Waals surface area (Å²) in [6.07, 6.45) is 3.65. The van der Waals surface area contributed by atoms with Crippen molar-refractivity contribution in [3.8, 4) is 5.75 Å². The van der Waals surface area contributed by atoms with Crippen molar-refractivity contribution in [2.45, 2.75) is 58.8 Å². The van der Waals surface area contributed by atoms with Gasteiger partial charge in [0.2, 0.25) is 0 Å². The van der Waals surface area contributed by atoms with Crippen molar-refractivity contribution in [1.82, 2.24) is 20.0 Å². The number of ether oxygens (including phenoxy) is 1. The molecule has 0 saturated heterocycles. The van der Waals surface area contributed by atoms with Crippen molar-refractivity contribution in [1.29, 1.82) is 0 Å². The molecule has 4 aliphatic heterocycles. The molecule has 0 unspecified atom stereocenters. The molecule has 0 saturated carbocycles. The minimum atomic E-state index is -1.07. The molecule has 0 aliphatic carbocycles. The lowest BCUT2D eigenvalue weighted by molar-refractivity contribution is 0.0600. The smallest absolute Gasteiger partial charge is 0.340 e. The van der Waals surface area contributed by atoms with Crippen molar-refractivity contribution < 1.29 is 24.5 Å². The van der Waals surface area contributed by atoms with E-state index < -0.39 is 11.9 Å². The number of aromatic carboxylic acids is 1. The number of methoxy groups -OCH3 is 1. The van der Waals surface area contributed by atoms with Gasteiger partial charge in [-0.3, -0.25) is 0 Å². The number of carbonyl (C=O) groups is 2. The maximum Gasteiger partial charge on any atom is 0.340 e. The molecule has 312 valence electrons. The molecule has 0 fully saturated rings. The largest absolute Gasteiger partial charge is 0.508 e. The Labute approximate surface area is 370 Å². The Bertz CT molecular complexity index is 2180. The van der Waals surface area contributed by atoms with Gasteiger partial charge in [-0.05, 0) is 141 Å². The molecule has 4 aromatic rings. The topological polar surface area (TPSA) is 106 Å². The van der Waals surface area contributed by atoms with E-state index in [9.17, 15) is 9.59 Å². The van der Waals surface area contributed by atoms with Gasteiger partial charge >= 0.3 is 11.9 Å². The van der Waals surface area contributed by atoms with Crippen LogP contribution in [0.5, 0.6) is 5.75 Å². The van der Waals surface area contributed by atoms with Gasteiger partial charge in [0.1, 0.15) is 5.75 Å². The summed E-state index contributed by atoms with van der Waals surface area (Å²) in [6.45, 7) is 9.34. The van der Waals surface area contributed by atoms with Crippen LogP contribution in [-0.2, 0) is 56.6 Å². The highest BCUT2D eigenvalue weighted by atomic mass is 35.5. The number of halogens is 6. The highest BCUT2D eigenvalue weighted by molar-refractivity contribution is 6.40. The van der Waals surface area contributed by atoms with E-state index in [-0.39, 0.29) is 16.1 Å². The first kappa shape index (κ1) is 46.3. The second-order valence-electron chi connectivity index (χ2n) is 14.9. The molecule has 3 N–H and O–H groups in total. The van der Waals surface area contributed by atoms with Crippen LogP contribution < -0.4 is 5.32 Å². The lowest BCUT2D eigenvalue weighted by Crippen LogP contribution is -2.27. The predicted octanol–water partition coefficient (Wildman–Crippen LogP) is 9.78. The molecule has 8 rings (SSSR count). The van der Waals surface area contributed by atoms with Crippen LogP contribution in [0.15, 0.2) is 36.4 Å². The second-order valence-corrected chi connectivity index (χ2v) is 17.3. The fourth-order valence-corrected chi connectivity index (χ4v) is 9.53. The number of aromatic hydroxyl groups is 1. The monoisotopic (exact) mass is 910 g/mol. The summed E-state index contributed by atoms with van der Waals surface area (Å²) >= 11 is 36.7. The van der Waals surface area contributed by atoms with Gasteiger partial charge in [0.15, 0.2) is 0 Å². The number of hydrogen-bond donors (Lipinski definition) is 3. The summed E-state index contributed by atoms with van der Waals surface area (Å²) in [5.41, 5.74) is 10.5. The number of likely N-dealkylation sites (N-methyl/N-ethyl adjacent to an activating group) is 3. The zero-order chi connectivity index (χ0) is 42.4. The fourth-order valence-electron chi connectivity index (χ4n) is 7.44. The maximum absolute atomic E-state index is 11.6.